The number of allylic oxidation sites excluding steroid dienone is 4. The Morgan fingerprint density at radius 2 is 1.96 bits per heavy atom. The summed E-state index contributed by atoms with van der Waals surface area (Å²) in [5.41, 5.74) is -2.08. The van der Waals surface area contributed by atoms with Crippen LogP contribution < -0.4 is 0 Å². The van der Waals surface area contributed by atoms with E-state index in [0.717, 1.165) is 23.3 Å². The van der Waals surface area contributed by atoms with Gasteiger partial charge in [0, 0.05) is 23.7 Å². The second-order valence-electron chi connectivity index (χ2n) is 8.81. The maximum atomic E-state index is 17.1. The van der Waals surface area contributed by atoms with E-state index in [1.807, 2.05) is 6.92 Å². The number of carbonyl (C=O) groups is 2. The summed E-state index contributed by atoms with van der Waals surface area (Å²) in [7, 11) is 0. The molecule has 4 aliphatic rings. The molecule has 0 spiro atoms. The second kappa shape index (κ2) is 5.57. The smallest absolute Gasteiger partial charge is 0.303 e. The van der Waals surface area contributed by atoms with Gasteiger partial charge in [-0.2, -0.15) is 0 Å². The van der Waals surface area contributed by atoms with E-state index in [4.69, 9.17) is 17.0 Å². The molecule has 0 aromatic heterocycles. The molecule has 3 nitrogen and oxygen atoms in total. The SMILES string of the molecule is CC(=O)OC1C[C@]2(C)C(=S)CC[C@H]2[C@@H]2CCC3=CC(=O)C=C[C@]3(C)[C@]12F. The number of alkyl halides is 1. The van der Waals surface area contributed by atoms with Crippen molar-refractivity contribution in [1.82, 2.24) is 0 Å². The zero-order chi connectivity index (χ0) is 18.9. The van der Waals surface area contributed by atoms with Crippen LogP contribution in [0.2, 0.25) is 0 Å². The summed E-state index contributed by atoms with van der Waals surface area (Å²) in [6.07, 6.45) is 7.43. The first-order valence-electron chi connectivity index (χ1n) is 9.46. The Balaban J connectivity index is 1.87. The maximum absolute atomic E-state index is 17.1. The largest absolute Gasteiger partial charge is 0.459 e. The van der Waals surface area contributed by atoms with Crippen LogP contribution in [0.5, 0.6) is 0 Å². The molecule has 0 amide bonds. The van der Waals surface area contributed by atoms with Gasteiger partial charge in [0.15, 0.2) is 11.5 Å². The molecule has 140 valence electrons. The van der Waals surface area contributed by atoms with Gasteiger partial charge in [-0.15, -0.1) is 0 Å². The molecule has 26 heavy (non-hydrogen) atoms. The normalized spacial score (nSPS) is 46.9. The zero-order valence-electron chi connectivity index (χ0n) is 15.5. The number of thiocarbonyl (C=S) groups is 1. The number of ether oxygens (including phenoxy) is 1. The van der Waals surface area contributed by atoms with E-state index in [-0.39, 0.29) is 23.0 Å². The molecule has 5 heteroatoms. The van der Waals surface area contributed by atoms with E-state index in [1.165, 1.54) is 13.0 Å². The fraction of sp³-hybridized carbons (Fsp3) is 0.667. The summed E-state index contributed by atoms with van der Waals surface area (Å²) in [6.45, 7) is 5.32. The van der Waals surface area contributed by atoms with Gasteiger partial charge in [0.2, 0.25) is 0 Å². The van der Waals surface area contributed by atoms with E-state index >= 15 is 4.39 Å². The summed E-state index contributed by atoms with van der Waals surface area (Å²) in [5.74, 6) is -0.624. The predicted octanol–water partition coefficient (Wildman–Crippen LogP) is 4.30. The van der Waals surface area contributed by atoms with Gasteiger partial charge in [-0.3, -0.25) is 9.59 Å². The van der Waals surface area contributed by atoms with Crippen LogP contribution in [0.4, 0.5) is 4.39 Å². The first-order chi connectivity index (χ1) is 12.1. The topological polar surface area (TPSA) is 43.4 Å². The quantitative estimate of drug-likeness (QED) is 0.506. The Hall–Kier alpha value is -1.36. The minimum atomic E-state index is -1.72. The van der Waals surface area contributed by atoms with Crippen molar-refractivity contribution in [3.8, 4) is 0 Å². The molecule has 0 aliphatic heterocycles. The van der Waals surface area contributed by atoms with Crippen LogP contribution in [0, 0.1) is 22.7 Å². The lowest BCUT2D eigenvalue weighted by atomic mass is 9.46. The average Bonchev–Trinajstić information content (AvgIpc) is 2.84. The molecule has 0 aromatic rings. The third kappa shape index (κ3) is 2.12. The summed E-state index contributed by atoms with van der Waals surface area (Å²) in [4.78, 5) is 24.7. The van der Waals surface area contributed by atoms with Crippen molar-refractivity contribution in [2.24, 2.45) is 22.7 Å². The molecule has 0 radical (unpaired) electrons. The summed E-state index contributed by atoms with van der Waals surface area (Å²) in [5, 5.41) is 0. The van der Waals surface area contributed by atoms with Crippen LogP contribution in [0.1, 0.15) is 52.9 Å². The molecule has 4 rings (SSSR count). The Bertz CT molecular complexity index is 771. The number of carbonyl (C=O) groups excluding carboxylic acids is 2. The number of hydrogen-bond acceptors (Lipinski definition) is 4. The fourth-order valence-corrected chi connectivity index (χ4v) is 6.63. The first-order valence-corrected chi connectivity index (χ1v) is 9.87. The highest BCUT2D eigenvalue weighted by atomic mass is 32.1. The van der Waals surface area contributed by atoms with E-state index in [9.17, 15) is 9.59 Å². The lowest BCUT2D eigenvalue weighted by Crippen LogP contribution is -2.67. The van der Waals surface area contributed by atoms with Crippen molar-refractivity contribution in [3.63, 3.8) is 0 Å². The van der Waals surface area contributed by atoms with Crippen molar-refractivity contribution in [2.75, 3.05) is 0 Å². The summed E-state index contributed by atoms with van der Waals surface area (Å²) < 4.78 is 22.7. The molecule has 0 bridgehead atoms. The molecule has 0 heterocycles. The van der Waals surface area contributed by atoms with Crippen molar-refractivity contribution in [2.45, 2.75) is 64.6 Å². The van der Waals surface area contributed by atoms with E-state index in [1.54, 1.807) is 12.2 Å². The molecule has 6 atom stereocenters. The van der Waals surface area contributed by atoms with Crippen molar-refractivity contribution >= 4 is 28.8 Å². The molecule has 3 saturated carbocycles. The maximum Gasteiger partial charge on any atom is 0.303 e. The molecular formula is C21H25FO3S. The highest BCUT2D eigenvalue weighted by Crippen LogP contribution is 2.67. The van der Waals surface area contributed by atoms with Crippen LogP contribution in [0.25, 0.3) is 0 Å². The third-order valence-electron chi connectivity index (χ3n) is 7.63. The minimum absolute atomic E-state index is 0.0914. The van der Waals surface area contributed by atoms with Crippen LogP contribution in [-0.4, -0.2) is 28.4 Å². The van der Waals surface area contributed by atoms with E-state index < -0.39 is 23.2 Å². The highest BCUT2D eigenvalue weighted by Gasteiger charge is 2.71. The monoisotopic (exact) mass is 376 g/mol. The molecule has 4 aliphatic carbocycles. The van der Waals surface area contributed by atoms with Crippen molar-refractivity contribution in [1.29, 1.82) is 0 Å². The van der Waals surface area contributed by atoms with Gasteiger partial charge < -0.3 is 4.74 Å². The van der Waals surface area contributed by atoms with Crippen LogP contribution >= 0.6 is 12.2 Å². The fourth-order valence-electron chi connectivity index (χ4n) is 6.27. The van der Waals surface area contributed by atoms with Gasteiger partial charge >= 0.3 is 5.97 Å². The van der Waals surface area contributed by atoms with E-state index in [2.05, 4.69) is 6.92 Å². The summed E-state index contributed by atoms with van der Waals surface area (Å²) in [6, 6.07) is 0. The van der Waals surface area contributed by atoms with Gasteiger partial charge in [0.05, 0.1) is 0 Å². The second-order valence-corrected chi connectivity index (χ2v) is 9.30. The number of ketones is 1. The molecule has 0 saturated heterocycles. The Labute approximate surface area is 159 Å². The minimum Gasteiger partial charge on any atom is -0.459 e. The number of fused-ring (bicyclic) bond motifs is 5. The lowest BCUT2D eigenvalue weighted by Gasteiger charge is -2.61. The van der Waals surface area contributed by atoms with Crippen LogP contribution in [-0.2, 0) is 14.3 Å². The van der Waals surface area contributed by atoms with Gasteiger partial charge in [-0.1, -0.05) is 30.8 Å². The third-order valence-corrected chi connectivity index (χ3v) is 8.30. The number of hydrogen-bond donors (Lipinski definition) is 0. The Kier molecular flexibility index (Phi) is 3.86. The molecule has 1 unspecified atom stereocenters. The van der Waals surface area contributed by atoms with Crippen LogP contribution in [0.15, 0.2) is 23.8 Å². The Morgan fingerprint density at radius 1 is 1.27 bits per heavy atom. The standard InChI is InChI=1S/C21H25FO3S/c1-12(23)25-17-11-19(2)15(6-7-18(19)26)16-5-4-13-10-14(24)8-9-20(13,3)21(16,17)22/h8-10,15-17H,4-7,11H2,1-3H3/t15-,16-,17?,19-,20-,21+/m0/s1. The van der Waals surface area contributed by atoms with Gasteiger partial charge in [-0.25, -0.2) is 4.39 Å². The number of esters is 1. The van der Waals surface area contributed by atoms with Gasteiger partial charge in [0.25, 0.3) is 0 Å². The van der Waals surface area contributed by atoms with Crippen molar-refractivity contribution in [3.05, 3.63) is 23.8 Å². The average molecular weight is 376 g/mol. The first kappa shape index (κ1) is 18.0. The highest BCUT2D eigenvalue weighted by molar-refractivity contribution is 7.80. The van der Waals surface area contributed by atoms with E-state index in [0.29, 0.717) is 19.3 Å². The van der Waals surface area contributed by atoms with Crippen molar-refractivity contribution < 1.29 is 18.7 Å². The molecule has 3 fully saturated rings. The molecular weight excluding hydrogens is 351 g/mol. The predicted molar refractivity (Wildman–Crippen MR) is 101 cm³/mol. The number of rotatable bonds is 1. The van der Waals surface area contributed by atoms with Gasteiger partial charge in [-0.05, 0) is 62.0 Å². The molecule has 0 aromatic carbocycles. The molecule has 0 N–H and O–H groups in total. The summed E-state index contributed by atoms with van der Waals surface area (Å²) >= 11 is 5.65. The van der Waals surface area contributed by atoms with Crippen LogP contribution in [0.3, 0.4) is 0 Å². The zero-order valence-corrected chi connectivity index (χ0v) is 16.3. The number of halogens is 1. The van der Waals surface area contributed by atoms with Gasteiger partial charge in [0.1, 0.15) is 6.10 Å². The lowest BCUT2D eigenvalue weighted by molar-refractivity contribution is -0.202. The Morgan fingerprint density at radius 3 is 2.65 bits per heavy atom.